The van der Waals surface area contributed by atoms with Crippen LogP contribution >= 0.6 is 23.1 Å². The summed E-state index contributed by atoms with van der Waals surface area (Å²) >= 11 is 2.95. The van der Waals surface area contributed by atoms with Gasteiger partial charge in [-0.1, -0.05) is 48.2 Å². The van der Waals surface area contributed by atoms with Crippen LogP contribution in [0.2, 0.25) is 0 Å². The lowest BCUT2D eigenvalue weighted by atomic mass is 9.98. The van der Waals surface area contributed by atoms with Gasteiger partial charge in [0.2, 0.25) is 11.0 Å². The lowest BCUT2D eigenvalue weighted by Crippen LogP contribution is -2.08. The zero-order valence-electron chi connectivity index (χ0n) is 19.4. The molecule has 4 rings (SSSR count). The number of fused-ring (bicyclic) bond motifs is 1. The number of anilines is 1. The standard InChI is InChI=1S/C25H25N3O4S2/c1-5-31-21-13-22-18(19(14-32-22)16-9-7-8-10-20(16)30-4)12-17(21)15(3)11-23(29)26-24-27-28-25(34-24)33-6-2/h7-14H,5-6H2,1-4H3,(H,26,27,29)/b15-11+. The molecule has 0 aliphatic rings. The van der Waals surface area contributed by atoms with Crippen LogP contribution < -0.4 is 14.8 Å². The molecule has 34 heavy (non-hydrogen) atoms. The van der Waals surface area contributed by atoms with Gasteiger partial charge in [-0.05, 0) is 37.3 Å². The van der Waals surface area contributed by atoms with E-state index in [0.717, 1.165) is 43.5 Å². The Kier molecular flexibility index (Phi) is 7.54. The van der Waals surface area contributed by atoms with Crippen molar-refractivity contribution in [3.63, 3.8) is 0 Å². The summed E-state index contributed by atoms with van der Waals surface area (Å²) in [6.45, 7) is 6.33. The zero-order valence-corrected chi connectivity index (χ0v) is 21.0. The molecule has 2 heterocycles. The van der Waals surface area contributed by atoms with E-state index in [1.807, 2.05) is 57.2 Å². The lowest BCUT2D eigenvalue weighted by Gasteiger charge is -2.12. The molecule has 4 aromatic rings. The molecule has 0 unspecified atom stereocenters. The Bertz CT molecular complexity index is 1340. The summed E-state index contributed by atoms with van der Waals surface area (Å²) < 4.78 is 18.1. The quantitative estimate of drug-likeness (QED) is 0.161. The summed E-state index contributed by atoms with van der Waals surface area (Å²) in [5.41, 5.74) is 4.09. The number of hydrogen-bond acceptors (Lipinski definition) is 8. The molecule has 0 radical (unpaired) electrons. The van der Waals surface area contributed by atoms with Gasteiger partial charge in [0, 0.05) is 34.2 Å². The van der Waals surface area contributed by atoms with Crippen LogP contribution in [-0.4, -0.2) is 35.6 Å². The van der Waals surface area contributed by atoms with Crippen molar-refractivity contribution in [2.24, 2.45) is 0 Å². The predicted octanol–water partition coefficient (Wildman–Crippen LogP) is 6.51. The highest BCUT2D eigenvalue weighted by Crippen LogP contribution is 2.40. The number of hydrogen-bond donors (Lipinski definition) is 1. The van der Waals surface area contributed by atoms with E-state index in [1.165, 1.54) is 11.3 Å². The van der Waals surface area contributed by atoms with Crippen LogP contribution in [0.15, 0.2) is 57.5 Å². The van der Waals surface area contributed by atoms with Crippen molar-refractivity contribution < 1.29 is 18.7 Å². The number of thioether (sulfide) groups is 1. The van der Waals surface area contributed by atoms with Gasteiger partial charge in [-0.2, -0.15) is 0 Å². The Morgan fingerprint density at radius 2 is 2.00 bits per heavy atom. The van der Waals surface area contributed by atoms with Crippen LogP contribution in [0.3, 0.4) is 0 Å². The van der Waals surface area contributed by atoms with Crippen LogP contribution in [0, 0.1) is 0 Å². The molecule has 0 bridgehead atoms. The van der Waals surface area contributed by atoms with Crippen molar-refractivity contribution in [3.8, 4) is 22.6 Å². The number of carbonyl (C=O) groups is 1. The van der Waals surface area contributed by atoms with Crippen LogP contribution in [0.1, 0.15) is 26.3 Å². The minimum atomic E-state index is -0.276. The van der Waals surface area contributed by atoms with E-state index in [2.05, 4.69) is 15.5 Å². The SMILES string of the molecule is CCOc1cc2occ(-c3ccccc3OC)c2cc1/C(C)=C/C(=O)Nc1nnc(SCC)s1. The highest BCUT2D eigenvalue weighted by molar-refractivity contribution is 8.01. The molecular weight excluding hydrogens is 470 g/mol. The van der Waals surface area contributed by atoms with E-state index in [0.29, 0.717) is 23.1 Å². The first kappa shape index (κ1) is 23.8. The van der Waals surface area contributed by atoms with Gasteiger partial charge in [0.25, 0.3) is 0 Å². The third-order valence-corrected chi connectivity index (χ3v) is 6.90. The second kappa shape index (κ2) is 10.8. The number of nitrogens with one attached hydrogen (secondary N) is 1. The van der Waals surface area contributed by atoms with Crippen LogP contribution in [0.25, 0.3) is 27.7 Å². The van der Waals surface area contributed by atoms with Crippen molar-refractivity contribution in [1.29, 1.82) is 0 Å². The molecule has 0 saturated carbocycles. The van der Waals surface area contributed by atoms with Crippen molar-refractivity contribution in [3.05, 3.63) is 54.3 Å². The number of carbonyl (C=O) groups excluding carboxylic acids is 1. The number of methoxy groups -OCH3 is 1. The highest BCUT2D eigenvalue weighted by Gasteiger charge is 2.17. The Morgan fingerprint density at radius 1 is 1.18 bits per heavy atom. The van der Waals surface area contributed by atoms with Crippen molar-refractivity contribution in [2.75, 3.05) is 24.8 Å². The number of aromatic nitrogens is 2. The average Bonchev–Trinajstić information content (AvgIpc) is 3.45. The number of para-hydroxylation sites is 1. The Hall–Kier alpha value is -3.30. The van der Waals surface area contributed by atoms with Crippen LogP contribution in [0.5, 0.6) is 11.5 Å². The maximum atomic E-state index is 12.7. The van der Waals surface area contributed by atoms with Crippen molar-refractivity contribution in [1.82, 2.24) is 10.2 Å². The number of benzene rings is 2. The van der Waals surface area contributed by atoms with Crippen molar-refractivity contribution in [2.45, 2.75) is 25.1 Å². The molecule has 0 aliphatic carbocycles. The van der Waals surface area contributed by atoms with Gasteiger partial charge in [0.1, 0.15) is 17.1 Å². The fourth-order valence-corrected chi connectivity index (χ4v) is 5.22. The summed E-state index contributed by atoms with van der Waals surface area (Å²) in [6, 6.07) is 11.6. The molecule has 0 atom stereocenters. The average molecular weight is 496 g/mol. The molecule has 7 nitrogen and oxygen atoms in total. The fourth-order valence-electron chi connectivity index (χ4n) is 3.57. The number of ether oxygens (including phenoxy) is 2. The lowest BCUT2D eigenvalue weighted by molar-refractivity contribution is -0.111. The largest absolute Gasteiger partial charge is 0.496 e. The third-order valence-electron chi connectivity index (χ3n) is 5.05. The topological polar surface area (TPSA) is 86.5 Å². The van der Waals surface area contributed by atoms with Gasteiger partial charge in [0.15, 0.2) is 4.34 Å². The number of furan rings is 1. The molecule has 176 valence electrons. The van der Waals surface area contributed by atoms with Crippen molar-refractivity contribution >= 4 is 50.7 Å². The third kappa shape index (κ3) is 5.10. The summed E-state index contributed by atoms with van der Waals surface area (Å²) in [7, 11) is 1.65. The van der Waals surface area contributed by atoms with E-state index in [1.54, 1.807) is 31.2 Å². The van der Waals surface area contributed by atoms with Crippen LogP contribution in [-0.2, 0) is 4.79 Å². The van der Waals surface area contributed by atoms with E-state index >= 15 is 0 Å². The zero-order chi connectivity index (χ0) is 24.1. The van der Waals surface area contributed by atoms with Gasteiger partial charge < -0.3 is 13.9 Å². The summed E-state index contributed by atoms with van der Waals surface area (Å²) in [4.78, 5) is 12.7. The van der Waals surface area contributed by atoms with Gasteiger partial charge in [-0.3, -0.25) is 10.1 Å². The molecule has 2 aromatic carbocycles. The maximum Gasteiger partial charge on any atom is 0.250 e. The van der Waals surface area contributed by atoms with E-state index in [4.69, 9.17) is 13.9 Å². The summed E-state index contributed by atoms with van der Waals surface area (Å²) in [5.74, 6) is 2.02. The van der Waals surface area contributed by atoms with E-state index in [9.17, 15) is 4.79 Å². The van der Waals surface area contributed by atoms with E-state index in [-0.39, 0.29) is 5.91 Å². The molecule has 9 heteroatoms. The van der Waals surface area contributed by atoms with Gasteiger partial charge in [-0.25, -0.2) is 0 Å². The molecular formula is C25H25N3O4S2. The molecule has 1 amide bonds. The molecule has 0 saturated heterocycles. The normalized spacial score (nSPS) is 11.6. The first-order valence-corrected chi connectivity index (χ1v) is 12.6. The van der Waals surface area contributed by atoms with E-state index < -0.39 is 0 Å². The Morgan fingerprint density at radius 3 is 2.76 bits per heavy atom. The predicted molar refractivity (Wildman–Crippen MR) is 138 cm³/mol. The monoisotopic (exact) mass is 495 g/mol. The van der Waals surface area contributed by atoms with Gasteiger partial charge in [-0.15, -0.1) is 10.2 Å². The fraction of sp³-hybridized carbons (Fsp3) is 0.240. The molecule has 0 spiro atoms. The summed E-state index contributed by atoms with van der Waals surface area (Å²) in [6.07, 6.45) is 3.26. The molecule has 2 aromatic heterocycles. The number of allylic oxidation sites excluding steroid dienone is 1. The minimum Gasteiger partial charge on any atom is -0.496 e. The second-order valence-electron chi connectivity index (χ2n) is 7.25. The first-order valence-electron chi connectivity index (χ1n) is 10.8. The number of rotatable bonds is 9. The minimum absolute atomic E-state index is 0.276. The molecule has 1 N–H and O–H groups in total. The second-order valence-corrected chi connectivity index (χ2v) is 9.74. The Balaban J connectivity index is 1.70. The molecule has 0 fully saturated rings. The smallest absolute Gasteiger partial charge is 0.250 e. The molecule has 0 aliphatic heterocycles. The number of nitrogens with zero attached hydrogens (tertiary/aromatic N) is 2. The highest BCUT2D eigenvalue weighted by atomic mass is 32.2. The Labute approximate surface area is 206 Å². The summed E-state index contributed by atoms with van der Waals surface area (Å²) in [5, 5.41) is 12.3. The van der Waals surface area contributed by atoms with Crippen LogP contribution in [0.4, 0.5) is 5.13 Å². The first-order chi connectivity index (χ1) is 16.5. The van der Waals surface area contributed by atoms with Gasteiger partial charge >= 0.3 is 0 Å². The van der Waals surface area contributed by atoms with Gasteiger partial charge in [0.05, 0.1) is 20.0 Å². The maximum absolute atomic E-state index is 12.7. The number of amides is 1.